The Hall–Kier alpha value is -2.12. The Kier molecular flexibility index (Phi) is 3.28. The molecule has 0 nitrogen and oxygen atoms in total. The largest absolute Gasteiger partial charge is 0.0775 e. The van der Waals surface area contributed by atoms with Crippen LogP contribution in [0.2, 0.25) is 19.6 Å². The smallest absolute Gasteiger partial charge is 0.0656 e. The van der Waals surface area contributed by atoms with Crippen molar-refractivity contribution in [1.82, 2.24) is 0 Å². The van der Waals surface area contributed by atoms with E-state index in [4.69, 9.17) is 0 Å². The van der Waals surface area contributed by atoms with Crippen LogP contribution in [0.1, 0.15) is 22.6 Å². The molecule has 114 valence electrons. The Labute approximate surface area is 139 Å². The van der Waals surface area contributed by atoms with Crippen LogP contribution < -0.4 is 5.19 Å². The lowest BCUT2D eigenvalue weighted by molar-refractivity contribution is 1.02. The van der Waals surface area contributed by atoms with Crippen LogP contribution >= 0.6 is 0 Å². The summed E-state index contributed by atoms with van der Waals surface area (Å²) in [6.45, 7) is 7.21. The molecule has 0 heterocycles. The van der Waals surface area contributed by atoms with E-state index in [0.717, 1.165) is 0 Å². The SMILES string of the molecule is C[Si](C)(C)c1ccc(C2c3ccccc3-c3ccccc32)cc1. The molecule has 0 unspecified atom stereocenters. The molecule has 0 aromatic heterocycles. The normalized spacial score (nSPS) is 13.7. The summed E-state index contributed by atoms with van der Waals surface area (Å²) in [6, 6.07) is 27.1. The highest BCUT2D eigenvalue weighted by Gasteiger charge is 2.29. The third-order valence-electron chi connectivity index (χ3n) is 4.94. The Morgan fingerprint density at radius 2 is 1.09 bits per heavy atom. The lowest BCUT2D eigenvalue weighted by atomic mass is 9.89. The van der Waals surface area contributed by atoms with Gasteiger partial charge in [-0.1, -0.05) is 97.6 Å². The molecular formula is C22H22Si. The first-order valence-electron chi connectivity index (χ1n) is 8.34. The van der Waals surface area contributed by atoms with Gasteiger partial charge in [-0.15, -0.1) is 0 Å². The Morgan fingerprint density at radius 3 is 1.57 bits per heavy atom. The van der Waals surface area contributed by atoms with Gasteiger partial charge in [0, 0.05) is 5.92 Å². The minimum atomic E-state index is -1.24. The van der Waals surface area contributed by atoms with Crippen molar-refractivity contribution in [3.05, 3.63) is 89.5 Å². The van der Waals surface area contributed by atoms with Crippen LogP contribution in [0.3, 0.4) is 0 Å². The average Bonchev–Trinajstić information content (AvgIpc) is 2.89. The monoisotopic (exact) mass is 314 g/mol. The number of hydrogen-bond donors (Lipinski definition) is 0. The molecule has 0 spiro atoms. The highest BCUT2D eigenvalue weighted by atomic mass is 28.3. The Morgan fingerprint density at radius 1 is 0.609 bits per heavy atom. The summed E-state index contributed by atoms with van der Waals surface area (Å²) < 4.78 is 0. The second-order valence-corrected chi connectivity index (χ2v) is 12.6. The fraction of sp³-hybridized carbons (Fsp3) is 0.182. The third kappa shape index (κ3) is 2.36. The van der Waals surface area contributed by atoms with E-state index < -0.39 is 8.07 Å². The van der Waals surface area contributed by atoms with Gasteiger partial charge in [-0.05, 0) is 27.8 Å². The number of rotatable bonds is 2. The molecule has 0 N–H and O–H groups in total. The van der Waals surface area contributed by atoms with Gasteiger partial charge in [0.2, 0.25) is 0 Å². The Balaban J connectivity index is 1.86. The van der Waals surface area contributed by atoms with Gasteiger partial charge in [-0.3, -0.25) is 0 Å². The molecule has 0 fully saturated rings. The molecule has 1 aliphatic carbocycles. The quantitative estimate of drug-likeness (QED) is 0.435. The minimum Gasteiger partial charge on any atom is -0.0656 e. The van der Waals surface area contributed by atoms with Gasteiger partial charge < -0.3 is 0 Å². The lowest BCUT2D eigenvalue weighted by Crippen LogP contribution is -2.37. The highest BCUT2D eigenvalue weighted by Crippen LogP contribution is 2.47. The van der Waals surface area contributed by atoms with Crippen LogP contribution in [0.15, 0.2) is 72.8 Å². The molecule has 3 aromatic carbocycles. The first-order chi connectivity index (χ1) is 11.1. The number of benzene rings is 3. The van der Waals surface area contributed by atoms with Crippen molar-refractivity contribution in [2.24, 2.45) is 0 Å². The van der Waals surface area contributed by atoms with Crippen LogP contribution in [0, 0.1) is 0 Å². The predicted octanol–water partition coefficient (Wildman–Crippen LogP) is 5.39. The standard InChI is InChI=1S/C22H22Si/c1-23(2,3)17-14-12-16(13-15-17)22-20-10-6-4-8-18(20)19-9-5-7-11-21(19)22/h4-15,22H,1-3H3. The molecular weight excluding hydrogens is 292 g/mol. The molecule has 0 aliphatic heterocycles. The first-order valence-corrected chi connectivity index (χ1v) is 11.8. The maximum absolute atomic E-state index is 2.40. The molecule has 3 aromatic rings. The average molecular weight is 315 g/mol. The van der Waals surface area contributed by atoms with E-state index in [-0.39, 0.29) is 0 Å². The van der Waals surface area contributed by atoms with Crippen molar-refractivity contribution >= 4 is 13.3 Å². The molecule has 1 aliphatic rings. The third-order valence-corrected chi connectivity index (χ3v) is 7.01. The minimum absolute atomic E-state index is 0.373. The van der Waals surface area contributed by atoms with E-state index in [1.807, 2.05) is 0 Å². The van der Waals surface area contributed by atoms with Crippen molar-refractivity contribution in [1.29, 1.82) is 0 Å². The van der Waals surface area contributed by atoms with Gasteiger partial charge in [0.15, 0.2) is 0 Å². The van der Waals surface area contributed by atoms with Gasteiger partial charge in [0.1, 0.15) is 0 Å². The summed E-state index contributed by atoms with van der Waals surface area (Å²) in [5.74, 6) is 0.373. The lowest BCUT2D eigenvalue weighted by Gasteiger charge is -2.19. The van der Waals surface area contributed by atoms with E-state index >= 15 is 0 Å². The van der Waals surface area contributed by atoms with Crippen molar-refractivity contribution in [2.45, 2.75) is 25.6 Å². The van der Waals surface area contributed by atoms with Crippen LogP contribution in [0.4, 0.5) is 0 Å². The van der Waals surface area contributed by atoms with Gasteiger partial charge in [-0.25, -0.2) is 0 Å². The molecule has 0 atom stereocenters. The second kappa shape index (κ2) is 5.21. The summed E-state index contributed by atoms with van der Waals surface area (Å²) in [5, 5.41) is 1.53. The molecule has 0 amide bonds. The number of hydrogen-bond acceptors (Lipinski definition) is 0. The zero-order valence-corrected chi connectivity index (χ0v) is 15.0. The van der Waals surface area contributed by atoms with Gasteiger partial charge in [-0.2, -0.15) is 0 Å². The van der Waals surface area contributed by atoms with Crippen LogP contribution in [-0.2, 0) is 0 Å². The molecule has 0 saturated carbocycles. The van der Waals surface area contributed by atoms with Crippen LogP contribution in [0.5, 0.6) is 0 Å². The zero-order valence-electron chi connectivity index (χ0n) is 14.0. The van der Waals surface area contributed by atoms with Crippen molar-refractivity contribution < 1.29 is 0 Å². The molecule has 0 radical (unpaired) electrons. The van der Waals surface area contributed by atoms with E-state index in [1.165, 1.54) is 33.0 Å². The fourth-order valence-electron chi connectivity index (χ4n) is 3.69. The van der Waals surface area contributed by atoms with E-state index in [1.54, 1.807) is 0 Å². The Bertz CT molecular complexity index is 808. The van der Waals surface area contributed by atoms with Crippen LogP contribution in [-0.4, -0.2) is 8.07 Å². The first kappa shape index (κ1) is 14.5. The van der Waals surface area contributed by atoms with Gasteiger partial charge >= 0.3 is 0 Å². The van der Waals surface area contributed by atoms with E-state index in [0.29, 0.717) is 5.92 Å². The molecule has 0 saturated heterocycles. The summed E-state index contributed by atoms with van der Waals surface area (Å²) >= 11 is 0. The summed E-state index contributed by atoms with van der Waals surface area (Å²) in [5.41, 5.74) is 7.07. The maximum atomic E-state index is 2.40. The summed E-state index contributed by atoms with van der Waals surface area (Å²) in [4.78, 5) is 0. The molecule has 1 heteroatoms. The fourth-order valence-corrected chi connectivity index (χ4v) is 4.86. The van der Waals surface area contributed by atoms with Crippen molar-refractivity contribution in [2.75, 3.05) is 0 Å². The van der Waals surface area contributed by atoms with Gasteiger partial charge in [0.25, 0.3) is 0 Å². The zero-order chi connectivity index (χ0) is 16.0. The molecule has 4 rings (SSSR count). The van der Waals surface area contributed by atoms with E-state index in [2.05, 4.69) is 92.4 Å². The van der Waals surface area contributed by atoms with Crippen molar-refractivity contribution in [3.63, 3.8) is 0 Å². The second-order valence-electron chi connectivity index (χ2n) is 7.48. The maximum Gasteiger partial charge on any atom is 0.0775 e. The molecule has 23 heavy (non-hydrogen) atoms. The van der Waals surface area contributed by atoms with Gasteiger partial charge in [0.05, 0.1) is 8.07 Å². The van der Waals surface area contributed by atoms with E-state index in [9.17, 15) is 0 Å². The predicted molar refractivity (Wildman–Crippen MR) is 102 cm³/mol. The summed E-state index contributed by atoms with van der Waals surface area (Å²) in [7, 11) is -1.24. The topological polar surface area (TPSA) is 0 Å². The number of fused-ring (bicyclic) bond motifs is 3. The summed E-state index contributed by atoms with van der Waals surface area (Å²) in [6.07, 6.45) is 0. The van der Waals surface area contributed by atoms with Crippen molar-refractivity contribution in [3.8, 4) is 11.1 Å². The van der Waals surface area contributed by atoms with Crippen LogP contribution in [0.25, 0.3) is 11.1 Å². The molecule has 0 bridgehead atoms. The highest BCUT2D eigenvalue weighted by molar-refractivity contribution is 6.88.